The number of β-amino-alcohol motifs (C(OH)–C–C–N with tert-alkyl or cyclic N) is 1. The zero-order valence-electron chi connectivity index (χ0n) is 9.60. The van der Waals surface area contributed by atoms with Crippen LogP contribution in [0.3, 0.4) is 0 Å². The minimum Gasteiger partial charge on any atom is -0.395 e. The number of hydrogen-bond donors (Lipinski definition) is 1. The predicted octanol–water partition coefficient (Wildman–Crippen LogP) is 1.21. The van der Waals surface area contributed by atoms with Crippen molar-refractivity contribution in [3.05, 3.63) is 35.6 Å². The van der Waals surface area contributed by atoms with Gasteiger partial charge in [0.25, 0.3) is 0 Å². The van der Waals surface area contributed by atoms with Gasteiger partial charge in [-0.1, -0.05) is 12.1 Å². The summed E-state index contributed by atoms with van der Waals surface area (Å²) in [6.45, 7) is 1.14. The van der Waals surface area contributed by atoms with Crippen LogP contribution in [0.15, 0.2) is 24.3 Å². The number of amides is 1. The average Bonchev–Trinajstić information content (AvgIpc) is 2.65. The number of aliphatic hydroxyl groups excluding tert-OH is 1. The van der Waals surface area contributed by atoms with Crippen LogP contribution in [0.2, 0.25) is 0 Å². The van der Waals surface area contributed by atoms with Crippen molar-refractivity contribution < 1.29 is 14.3 Å². The molecule has 1 aromatic rings. The van der Waals surface area contributed by atoms with Crippen LogP contribution in [-0.2, 0) is 11.2 Å². The summed E-state index contributed by atoms with van der Waals surface area (Å²) in [5.41, 5.74) is 0.982. The molecule has 1 saturated heterocycles. The van der Waals surface area contributed by atoms with Crippen LogP contribution in [-0.4, -0.2) is 35.6 Å². The van der Waals surface area contributed by atoms with E-state index in [0.717, 1.165) is 12.0 Å². The molecule has 4 heteroatoms. The van der Waals surface area contributed by atoms with Gasteiger partial charge < -0.3 is 10.0 Å². The molecule has 0 spiro atoms. The molecule has 1 atom stereocenters. The van der Waals surface area contributed by atoms with Gasteiger partial charge in [-0.25, -0.2) is 4.39 Å². The lowest BCUT2D eigenvalue weighted by atomic mass is 9.98. The van der Waals surface area contributed by atoms with Crippen molar-refractivity contribution in [2.24, 2.45) is 5.92 Å². The lowest BCUT2D eigenvalue weighted by Crippen LogP contribution is -2.30. The van der Waals surface area contributed by atoms with Gasteiger partial charge in [0.1, 0.15) is 5.82 Å². The van der Waals surface area contributed by atoms with E-state index in [4.69, 9.17) is 5.11 Å². The molecule has 1 aromatic carbocycles. The summed E-state index contributed by atoms with van der Waals surface area (Å²) in [4.78, 5) is 13.6. The maximum Gasteiger partial charge on any atom is 0.226 e. The fourth-order valence-electron chi connectivity index (χ4n) is 2.24. The Morgan fingerprint density at radius 3 is 2.71 bits per heavy atom. The SMILES string of the molecule is O=C1C(Cc2ccc(F)cc2)CCN1CCO. The molecule has 1 N–H and O–H groups in total. The molecule has 1 aliphatic rings. The van der Waals surface area contributed by atoms with Crippen molar-refractivity contribution >= 4 is 5.91 Å². The number of halogens is 1. The fraction of sp³-hybridized carbons (Fsp3) is 0.462. The first kappa shape index (κ1) is 12.0. The summed E-state index contributed by atoms with van der Waals surface area (Å²) in [7, 11) is 0. The van der Waals surface area contributed by atoms with Crippen molar-refractivity contribution in [3.63, 3.8) is 0 Å². The standard InChI is InChI=1S/C13H16FNO2/c14-12-3-1-10(2-4-12)9-11-5-6-15(7-8-16)13(11)17/h1-4,11,16H,5-9H2. The third-order valence-corrected chi connectivity index (χ3v) is 3.17. The van der Waals surface area contributed by atoms with Gasteiger partial charge in [0.15, 0.2) is 0 Å². The minimum absolute atomic E-state index is 0.00894. The molecule has 0 radical (unpaired) electrons. The Hall–Kier alpha value is -1.42. The van der Waals surface area contributed by atoms with E-state index >= 15 is 0 Å². The second-order valence-corrected chi connectivity index (χ2v) is 4.37. The molecule has 0 aliphatic carbocycles. The quantitative estimate of drug-likeness (QED) is 0.855. The first-order valence-corrected chi connectivity index (χ1v) is 5.85. The number of likely N-dealkylation sites (tertiary alicyclic amines) is 1. The zero-order chi connectivity index (χ0) is 12.3. The number of benzene rings is 1. The van der Waals surface area contributed by atoms with Gasteiger partial charge >= 0.3 is 0 Å². The highest BCUT2D eigenvalue weighted by atomic mass is 19.1. The molecule has 0 saturated carbocycles. The lowest BCUT2D eigenvalue weighted by molar-refractivity contribution is -0.131. The molecular weight excluding hydrogens is 221 g/mol. The highest BCUT2D eigenvalue weighted by molar-refractivity contribution is 5.81. The normalized spacial score (nSPS) is 20.0. The number of carbonyl (C=O) groups excluding carboxylic acids is 1. The van der Waals surface area contributed by atoms with E-state index in [1.807, 2.05) is 0 Å². The molecule has 2 rings (SSSR count). The lowest BCUT2D eigenvalue weighted by Gasteiger charge is -2.14. The first-order chi connectivity index (χ1) is 8.20. The molecule has 92 valence electrons. The Morgan fingerprint density at radius 1 is 1.35 bits per heavy atom. The Morgan fingerprint density at radius 2 is 2.06 bits per heavy atom. The third kappa shape index (κ3) is 2.82. The van der Waals surface area contributed by atoms with Crippen LogP contribution in [0, 0.1) is 11.7 Å². The molecule has 0 aromatic heterocycles. The second-order valence-electron chi connectivity index (χ2n) is 4.37. The van der Waals surface area contributed by atoms with Gasteiger partial charge in [0.05, 0.1) is 6.61 Å². The Bertz CT molecular complexity index is 391. The largest absolute Gasteiger partial charge is 0.395 e. The maximum atomic E-state index is 12.7. The van der Waals surface area contributed by atoms with Crippen LogP contribution < -0.4 is 0 Å². The molecule has 17 heavy (non-hydrogen) atoms. The molecule has 1 aliphatic heterocycles. The zero-order valence-corrected chi connectivity index (χ0v) is 9.60. The van der Waals surface area contributed by atoms with Crippen molar-refractivity contribution in [1.29, 1.82) is 0 Å². The van der Waals surface area contributed by atoms with Gasteiger partial charge in [-0.15, -0.1) is 0 Å². The molecule has 1 amide bonds. The molecule has 1 fully saturated rings. The van der Waals surface area contributed by atoms with Gasteiger partial charge in [0.2, 0.25) is 5.91 Å². The smallest absolute Gasteiger partial charge is 0.226 e. The van der Waals surface area contributed by atoms with Gasteiger partial charge in [-0.2, -0.15) is 0 Å². The number of nitrogens with zero attached hydrogens (tertiary/aromatic N) is 1. The van der Waals surface area contributed by atoms with Crippen LogP contribution >= 0.6 is 0 Å². The summed E-state index contributed by atoms with van der Waals surface area (Å²) in [6, 6.07) is 6.27. The summed E-state index contributed by atoms with van der Waals surface area (Å²) in [6.07, 6.45) is 1.47. The van der Waals surface area contributed by atoms with E-state index < -0.39 is 0 Å². The van der Waals surface area contributed by atoms with Gasteiger partial charge in [-0.05, 0) is 30.5 Å². The van der Waals surface area contributed by atoms with Crippen LogP contribution in [0.25, 0.3) is 0 Å². The van der Waals surface area contributed by atoms with Crippen LogP contribution in [0.5, 0.6) is 0 Å². The summed E-state index contributed by atoms with van der Waals surface area (Å²) >= 11 is 0. The second kappa shape index (κ2) is 5.27. The van der Waals surface area contributed by atoms with Crippen LogP contribution in [0.4, 0.5) is 4.39 Å². The van der Waals surface area contributed by atoms with E-state index in [0.29, 0.717) is 19.5 Å². The monoisotopic (exact) mass is 237 g/mol. The Kier molecular flexibility index (Phi) is 3.74. The average molecular weight is 237 g/mol. The Balaban J connectivity index is 1.96. The Labute approximate surface area is 99.9 Å². The number of carbonyl (C=O) groups is 1. The minimum atomic E-state index is -0.256. The molecular formula is C13H16FNO2. The van der Waals surface area contributed by atoms with E-state index in [2.05, 4.69) is 0 Å². The topological polar surface area (TPSA) is 40.5 Å². The van der Waals surface area contributed by atoms with Crippen molar-refractivity contribution in [1.82, 2.24) is 4.90 Å². The van der Waals surface area contributed by atoms with Crippen molar-refractivity contribution in [3.8, 4) is 0 Å². The van der Waals surface area contributed by atoms with E-state index in [-0.39, 0.29) is 24.2 Å². The number of rotatable bonds is 4. The summed E-state index contributed by atoms with van der Waals surface area (Å²) in [5.74, 6) is -0.177. The molecule has 3 nitrogen and oxygen atoms in total. The highest BCUT2D eigenvalue weighted by Crippen LogP contribution is 2.22. The molecule has 1 unspecified atom stereocenters. The maximum absolute atomic E-state index is 12.7. The fourth-order valence-corrected chi connectivity index (χ4v) is 2.24. The van der Waals surface area contributed by atoms with E-state index in [1.54, 1.807) is 17.0 Å². The van der Waals surface area contributed by atoms with E-state index in [1.165, 1.54) is 12.1 Å². The first-order valence-electron chi connectivity index (χ1n) is 5.85. The number of hydrogen-bond acceptors (Lipinski definition) is 2. The number of aliphatic hydroxyl groups is 1. The van der Waals surface area contributed by atoms with Crippen LogP contribution in [0.1, 0.15) is 12.0 Å². The van der Waals surface area contributed by atoms with Crippen molar-refractivity contribution in [2.75, 3.05) is 19.7 Å². The highest BCUT2D eigenvalue weighted by Gasteiger charge is 2.30. The molecule has 0 bridgehead atoms. The third-order valence-electron chi connectivity index (χ3n) is 3.17. The van der Waals surface area contributed by atoms with Crippen molar-refractivity contribution in [2.45, 2.75) is 12.8 Å². The summed E-state index contributed by atoms with van der Waals surface area (Å²) < 4.78 is 12.7. The molecule has 1 heterocycles. The van der Waals surface area contributed by atoms with Gasteiger partial charge in [-0.3, -0.25) is 4.79 Å². The van der Waals surface area contributed by atoms with E-state index in [9.17, 15) is 9.18 Å². The summed E-state index contributed by atoms with van der Waals surface area (Å²) in [5, 5.41) is 8.82. The predicted molar refractivity (Wildman–Crippen MR) is 61.9 cm³/mol. The van der Waals surface area contributed by atoms with Gasteiger partial charge in [0, 0.05) is 19.0 Å².